The van der Waals surface area contributed by atoms with Crippen LogP contribution in [-0.4, -0.2) is 31.4 Å². The third-order valence-corrected chi connectivity index (χ3v) is 5.32. The average molecular weight is 442 g/mol. The molecule has 31 heavy (non-hydrogen) atoms. The van der Waals surface area contributed by atoms with Gasteiger partial charge in [0.2, 0.25) is 10.0 Å². The molecule has 2 N–H and O–H groups in total. The number of anilines is 1. The van der Waals surface area contributed by atoms with E-state index in [0.717, 1.165) is 22.6 Å². The first-order valence-corrected chi connectivity index (χ1v) is 11.8. The van der Waals surface area contributed by atoms with Gasteiger partial charge in [0, 0.05) is 11.3 Å². The summed E-state index contributed by atoms with van der Waals surface area (Å²) < 4.78 is 31.9. The fourth-order valence-corrected chi connectivity index (χ4v) is 4.25. The largest absolute Gasteiger partial charge is 0.479 e. The molecule has 164 valence electrons. The molecule has 6 nitrogen and oxygen atoms in total. The monoisotopic (exact) mass is 441 g/mol. The van der Waals surface area contributed by atoms with E-state index < -0.39 is 27.7 Å². The molecule has 0 heterocycles. The zero-order chi connectivity index (χ0) is 23.0. The summed E-state index contributed by atoms with van der Waals surface area (Å²) in [6, 6.07) is 16.6. The first-order chi connectivity index (χ1) is 14.4. The summed E-state index contributed by atoms with van der Waals surface area (Å²) in [7, 11) is -3.46. The lowest BCUT2D eigenvalue weighted by Gasteiger charge is -2.28. The molecule has 1 atom stereocenters. The molecule has 0 amide bonds. The Bertz CT molecular complexity index is 1240. The van der Waals surface area contributed by atoms with Gasteiger partial charge in [-0.15, -0.1) is 0 Å². The zero-order valence-corrected chi connectivity index (χ0v) is 19.1. The molecule has 7 heteroatoms. The van der Waals surface area contributed by atoms with Gasteiger partial charge in [-0.3, -0.25) is 4.72 Å². The fourth-order valence-electron chi connectivity index (χ4n) is 3.69. The number of fused-ring (bicyclic) bond motifs is 1. The van der Waals surface area contributed by atoms with Crippen molar-refractivity contribution >= 4 is 32.5 Å². The van der Waals surface area contributed by atoms with E-state index in [1.807, 2.05) is 64.1 Å². The summed E-state index contributed by atoms with van der Waals surface area (Å²) >= 11 is 0. The normalized spacial score (nSPS) is 13.2. The van der Waals surface area contributed by atoms with Crippen molar-refractivity contribution in [3.63, 3.8) is 0 Å². The van der Waals surface area contributed by atoms with Crippen LogP contribution in [0.15, 0.2) is 54.6 Å². The van der Waals surface area contributed by atoms with Crippen LogP contribution >= 0.6 is 0 Å². The number of sulfonamides is 1. The van der Waals surface area contributed by atoms with Crippen molar-refractivity contribution in [2.24, 2.45) is 0 Å². The van der Waals surface area contributed by atoms with E-state index in [0.29, 0.717) is 22.4 Å². The van der Waals surface area contributed by atoms with E-state index in [-0.39, 0.29) is 0 Å². The van der Waals surface area contributed by atoms with Crippen molar-refractivity contribution in [2.75, 3.05) is 11.0 Å². The third kappa shape index (κ3) is 5.42. The van der Waals surface area contributed by atoms with Crippen molar-refractivity contribution in [3.8, 4) is 11.1 Å². The van der Waals surface area contributed by atoms with Crippen LogP contribution in [-0.2, 0) is 19.6 Å². The maximum Gasteiger partial charge on any atom is 0.337 e. The number of hydrogen-bond acceptors (Lipinski definition) is 4. The molecular formula is C24H27NO5S. The second kappa shape index (κ2) is 8.32. The van der Waals surface area contributed by atoms with E-state index in [4.69, 9.17) is 4.74 Å². The van der Waals surface area contributed by atoms with Gasteiger partial charge in [0.15, 0.2) is 6.10 Å². The number of carboxylic acids is 1. The number of hydrogen-bond donors (Lipinski definition) is 2. The second-order valence-electron chi connectivity index (χ2n) is 8.61. The van der Waals surface area contributed by atoms with Crippen LogP contribution < -0.4 is 4.72 Å². The van der Waals surface area contributed by atoms with Gasteiger partial charge >= 0.3 is 5.97 Å². The van der Waals surface area contributed by atoms with Crippen molar-refractivity contribution in [1.29, 1.82) is 0 Å². The van der Waals surface area contributed by atoms with E-state index in [1.165, 1.54) is 0 Å². The molecule has 0 aromatic heterocycles. The van der Waals surface area contributed by atoms with Gasteiger partial charge in [-0.1, -0.05) is 42.5 Å². The second-order valence-corrected chi connectivity index (χ2v) is 10.4. The van der Waals surface area contributed by atoms with E-state index in [9.17, 15) is 18.3 Å². The Balaban J connectivity index is 2.35. The van der Waals surface area contributed by atoms with Crippen molar-refractivity contribution < 1.29 is 23.1 Å². The highest BCUT2D eigenvalue weighted by Crippen LogP contribution is 2.41. The standard InChI is InChI=1S/C24H27NO5S/c1-15-13-16-9-6-7-12-19(16)21(20(15)22(23(26)27)30-24(2,3)4)17-10-8-11-18(14-17)25-31(5,28)29/h6-14,22,25H,1-5H3,(H,26,27)/t22-/m0/s1. The maximum absolute atomic E-state index is 12.3. The van der Waals surface area contributed by atoms with Crippen molar-refractivity contribution in [2.45, 2.75) is 39.4 Å². The van der Waals surface area contributed by atoms with E-state index in [1.54, 1.807) is 18.2 Å². The molecule has 0 unspecified atom stereocenters. The molecular weight excluding hydrogens is 414 g/mol. The predicted octanol–water partition coefficient (Wildman–Crippen LogP) is 5.13. The number of carboxylic acid groups (broad SMARTS) is 1. The molecule has 0 radical (unpaired) electrons. The van der Waals surface area contributed by atoms with Gasteiger partial charge in [0.25, 0.3) is 0 Å². The lowest BCUT2D eigenvalue weighted by Crippen LogP contribution is -2.28. The molecule has 0 aliphatic rings. The third-order valence-electron chi connectivity index (χ3n) is 4.71. The lowest BCUT2D eigenvalue weighted by molar-refractivity contribution is -0.160. The van der Waals surface area contributed by atoms with Gasteiger partial charge in [0.05, 0.1) is 11.9 Å². The van der Waals surface area contributed by atoms with Crippen LogP contribution in [0.4, 0.5) is 5.69 Å². The average Bonchev–Trinajstić information content (AvgIpc) is 2.63. The molecule has 3 aromatic rings. The Morgan fingerprint density at radius 1 is 1.06 bits per heavy atom. The van der Waals surface area contributed by atoms with E-state index in [2.05, 4.69) is 4.72 Å². The van der Waals surface area contributed by atoms with E-state index >= 15 is 0 Å². The molecule has 3 rings (SSSR count). The van der Waals surface area contributed by atoms with Gasteiger partial charge < -0.3 is 9.84 Å². The maximum atomic E-state index is 12.3. The highest BCUT2D eigenvalue weighted by molar-refractivity contribution is 7.92. The Labute approximate surface area is 182 Å². The SMILES string of the molecule is Cc1cc2ccccc2c(-c2cccc(NS(C)(=O)=O)c2)c1[C@H](OC(C)(C)C)C(=O)O. The molecule has 0 saturated carbocycles. The molecule has 0 fully saturated rings. The topological polar surface area (TPSA) is 92.7 Å². The minimum Gasteiger partial charge on any atom is -0.479 e. The Kier molecular flexibility index (Phi) is 6.11. The highest BCUT2D eigenvalue weighted by Gasteiger charge is 2.31. The molecule has 3 aromatic carbocycles. The van der Waals surface area contributed by atoms with Gasteiger partial charge in [-0.2, -0.15) is 0 Å². The molecule has 0 saturated heterocycles. The predicted molar refractivity (Wildman–Crippen MR) is 124 cm³/mol. The highest BCUT2D eigenvalue weighted by atomic mass is 32.2. The Hall–Kier alpha value is -2.90. The summed E-state index contributed by atoms with van der Waals surface area (Å²) in [5.74, 6) is -1.08. The number of aryl methyl sites for hydroxylation is 1. The molecule has 0 aliphatic carbocycles. The van der Waals surface area contributed by atoms with Crippen LogP contribution in [0.5, 0.6) is 0 Å². The Morgan fingerprint density at radius 2 is 1.74 bits per heavy atom. The molecule has 0 bridgehead atoms. The summed E-state index contributed by atoms with van der Waals surface area (Å²) in [4.78, 5) is 12.3. The Morgan fingerprint density at radius 3 is 2.35 bits per heavy atom. The van der Waals surface area contributed by atoms with Crippen LogP contribution in [0.25, 0.3) is 21.9 Å². The van der Waals surface area contributed by atoms with Crippen molar-refractivity contribution in [3.05, 3.63) is 65.7 Å². The van der Waals surface area contributed by atoms with Crippen LogP contribution in [0.2, 0.25) is 0 Å². The minimum atomic E-state index is -3.46. The van der Waals surface area contributed by atoms with Gasteiger partial charge in [-0.25, -0.2) is 13.2 Å². The number of ether oxygens (including phenoxy) is 1. The summed E-state index contributed by atoms with van der Waals surface area (Å²) in [6.45, 7) is 7.31. The lowest BCUT2D eigenvalue weighted by atomic mass is 9.87. The first-order valence-electron chi connectivity index (χ1n) is 9.87. The molecule has 0 spiro atoms. The number of carbonyl (C=O) groups is 1. The molecule has 0 aliphatic heterocycles. The fraction of sp³-hybridized carbons (Fsp3) is 0.292. The summed E-state index contributed by atoms with van der Waals surface area (Å²) in [5, 5.41) is 11.9. The smallest absolute Gasteiger partial charge is 0.337 e. The number of rotatable bonds is 6. The quantitative estimate of drug-likeness (QED) is 0.553. The summed E-state index contributed by atoms with van der Waals surface area (Å²) in [5.41, 5.74) is 2.47. The van der Waals surface area contributed by atoms with Gasteiger partial charge in [0.1, 0.15) is 0 Å². The van der Waals surface area contributed by atoms with Crippen molar-refractivity contribution in [1.82, 2.24) is 0 Å². The minimum absolute atomic E-state index is 0.403. The number of benzene rings is 3. The van der Waals surface area contributed by atoms with Crippen LogP contribution in [0.1, 0.15) is 38.0 Å². The van der Waals surface area contributed by atoms with Gasteiger partial charge in [-0.05, 0) is 67.3 Å². The first kappa shape index (κ1) is 22.8. The van der Waals surface area contributed by atoms with Crippen LogP contribution in [0, 0.1) is 6.92 Å². The number of aliphatic carboxylic acids is 1. The zero-order valence-electron chi connectivity index (χ0n) is 18.3. The number of nitrogens with one attached hydrogen (secondary N) is 1. The summed E-state index contributed by atoms with van der Waals surface area (Å²) in [6.07, 6.45) is -0.101. The van der Waals surface area contributed by atoms with Crippen LogP contribution in [0.3, 0.4) is 0 Å².